The molecule has 0 aliphatic heterocycles. The van der Waals surface area contributed by atoms with Gasteiger partial charge >= 0.3 is 73.5 Å². The molecule has 1 aromatic heterocycles. The van der Waals surface area contributed by atoms with Crippen molar-refractivity contribution in [1.82, 2.24) is 0 Å². The average molecular weight is 235 g/mol. The van der Waals surface area contributed by atoms with Crippen LogP contribution in [-0.2, 0) is 18.3 Å². The number of fused-ring (bicyclic) bond motifs is 1. The molecule has 0 unspecified atom stereocenters. The predicted octanol–water partition coefficient (Wildman–Crippen LogP) is 2.50. The van der Waals surface area contributed by atoms with Crippen molar-refractivity contribution in [3.8, 4) is 0 Å². The van der Waals surface area contributed by atoms with Gasteiger partial charge in [-0.25, -0.2) is 0 Å². The standard InChI is InChI=1S/C8H5S.ClH.Zn/c1-2-4-8-7(3-1)5-6-9-8;;/h1-5H;1H;. The summed E-state index contributed by atoms with van der Waals surface area (Å²) in [6, 6.07) is 10.8. The Morgan fingerprint density at radius 3 is 2.64 bits per heavy atom. The van der Waals surface area contributed by atoms with Gasteiger partial charge in [-0.05, 0) is 0 Å². The van der Waals surface area contributed by atoms with Gasteiger partial charge in [0.15, 0.2) is 0 Å². The zero-order valence-electron chi connectivity index (χ0n) is 5.91. The molecule has 0 amide bonds. The van der Waals surface area contributed by atoms with E-state index in [1.165, 1.54) is 31.9 Å². The Labute approximate surface area is 85.7 Å². The van der Waals surface area contributed by atoms with Crippen molar-refractivity contribution in [3.63, 3.8) is 0 Å². The predicted molar refractivity (Wildman–Crippen MR) is 48.7 cm³/mol. The van der Waals surface area contributed by atoms with Crippen molar-refractivity contribution in [1.29, 1.82) is 0 Å². The first-order chi connectivity index (χ1) is 4.86. The summed E-state index contributed by atoms with van der Waals surface area (Å²) in [5, 5.41) is 1.40. The van der Waals surface area contributed by atoms with Gasteiger partial charge in [0.25, 0.3) is 0 Å². The van der Waals surface area contributed by atoms with Crippen molar-refractivity contribution >= 4 is 37.3 Å². The van der Waals surface area contributed by atoms with E-state index in [1.807, 2.05) is 11.3 Å². The summed E-state index contributed by atoms with van der Waals surface area (Å²) < 4.78 is 2.94. The molecular formula is C8H6ClSZn. The summed E-state index contributed by atoms with van der Waals surface area (Å²) >= 11 is 3.18. The molecule has 0 N–H and O–H groups in total. The van der Waals surface area contributed by atoms with Crippen LogP contribution < -0.4 is 3.47 Å². The Hall–Kier alpha value is 0.0934. The third kappa shape index (κ3) is 1.81. The minimum atomic E-state index is 0. The molecule has 2 rings (SSSR count). The molecule has 0 saturated carbocycles. The van der Waals surface area contributed by atoms with E-state index >= 15 is 0 Å². The average Bonchev–Trinajstić information content (AvgIpc) is 2.27. The second-order valence-electron chi connectivity index (χ2n) is 2.25. The fraction of sp³-hybridized carbons (Fsp3) is 0. The summed E-state index contributed by atoms with van der Waals surface area (Å²) in [7, 11) is 0. The van der Waals surface area contributed by atoms with E-state index in [0.717, 1.165) is 0 Å². The summed E-state index contributed by atoms with van der Waals surface area (Å²) in [4.78, 5) is 0. The molecule has 11 heavy (non-hydrogen) atoms. The van der Waals surface area contributed by atoms with Crippen LogP contribution in [-0.4, -0.2) is 0 Å². The first-order valence-corrected chi connectivity index (χ1v) is 5.47. The van der Waals surface area contributed by atoms with Crippen LogP contribution in [0.4, 0.5) is 0 Å². The van der Waals surface area contributed by atoms with Crippen LogP contribution >= 0.6 is 23.7 Å². The Bertz CT molecular complexity index is 323. The molecule has 0 aliphatic rings. The molecule has 0 aliphatic carbocycles. The third-order valence-electron chi connectivity index (χ3n) is 1.48. The SMILES string of the molecule is Cl.[Zn][c]1cc2ccccc2s1. The van der Waals surface area contributed by atoms with E-state index < -0.39 is 0 Å². The molecule has 0 nitrogen and oxygen atoms in total. The molecule has 0 saturated heterocycles. The zero-order valence-corrected chi connectivity index (χ0v) is 10.5. The summed E-state index contributed by atoms with van der Waals surface area (Å²) in [5.41, 5.74) is 0. The van der Waals surface area contributed by atoms with Gasteiger partial charge in [-0.15, -0.1) is 12.4 Å². The molecule has 0 bridgehead atoms. The number of hydrogen-bond donors (Lipinski definition) is 0. The van der Waals surface area contributed by atoms with Crippen molar-refractivity contribution in [2.45, 2.75) is 0 Å². The molecule has 53 valence electrons. The fourth-order valence-electron chi connectivity index (χ4n) is 1.04. The molecule has 0 atom stereocenters. The van der Waals surface area contributed by atoms with Crippen molar-refractivity contribution in [2.75, 3.05) is 0 Å². The molecule has 0 spiro atoms. The second-order valence-corrected chi connectivity index (χ2v) is 6.09. The van der Waals surface area contributed by atoms with Gasteiger partial charge < -0.3 is 0 Å². The van der Waals surface area contributed by atoms with Gasteiger partial charge in [0.2, 0.25) is 0 Å². The molecule has 1 aromatic carbocycles. The maximum atomic E-state index is 2.28. The Kier molecular flexibility index (Phi) is 3.06. The van der Waals surface area contributed by atoms with Gasteiger partial charge in [0.1, 0.15) is 0 Å². The van der Waals surface area contributed by atoms with Crippen LogP contribution in [0.2, 0.25) is 0 Å². The second kappa shape index (κ2) is 3.66. The monoisotopic (exact) mass is 233 g/mol. The van der Waals surface area contributed by atoms with Crippen LogP contribution in [0.25, 0.3) is 10.1 Å². The van der Waals surface area contributed by atoms with E-state index in [1.54, 1.807) is 0 Å². The van der Waals surface area contributed by atoms with Gasteiger partial charge in [-0.1, -0.05) is 0 Å². The van der Waals surface area contributed by atoms with Crippen LogP contribution in [0.1, 0.15) is 0 Å². The summed E-state index contributed by atoms with van der Waals surface area (Å²) in [6.45, 7) is 0. The zero-order chi connectivity index (χ0) is 6.97. The van der Waals surface area contributed by atoms with Gasteiger partial charge in [0, 0.05) is 0 Å². The van der Waals surface area contributed by atoms with Crippen LogP contribution in [0.3, 0.4) is 0 Å². The maximum absolute atomic E-state index is 2.28. The van der Waals surface area contributed by atoms with Crippen molar-refractivity contribution in [2.24, 2.45) is 0 Å². The van der Waals surface area contributed by atoms with Gasteiger partial charge in [-0.3, -0.25) is 0 Å². The molecule has 2 aromatic rings. The normalized spacial score (nSPS) is 9.64. The molecule has 1 heterocycles. The quantitative estimate of drug-likeness (QED) is 0.615. The minimum absolute atomic E-state index is 0. The molecule has 3 heteroatoms. The van der Waals surface area contributed by atoms with Crippen molar-refractivity contribution < 1.29 is 18.3 Å². The summed E-state index contributed by atoms with van der Waals surface area (Å²) in [6.07, 6.45) is 0. The van der Waals surface area contributed by atoms with Crippen LogP contribution in [0.5, 0.6) is 0 Å². The van der Waals surface area contributed by atoms with E-state index in [2.05, 4.69) is 30.3 Å². The molecule has 0 fully saturated rings. The number of hydrogen-bond acceptors (Lipinski definition) is 1. The van der Waals surface area contributed by atoms with E-state index in [9.17, 15) is 0 Å². The Morgan fingerprint density at radius 1 is 1.18 bits per heavy atom. The van der Waals surface area contributed by atoms with E-state index in [-0.39, 0.29) is 12.4 Å². The van der Waals surface area contributed by atoms with Crippen LogP contribution in [0.15, 0.2) is 30.3 Å². The number of thiophene rings is 1. The van der Waals surface area contributed by atoms with Crippen molar-refractivity contribution in [3.05, 3.63) is 30.3 Å². The first-order valence-electron chi connectivity index (χ1n) is 3.17. The van der Waals surface area contributed by atoms with E-state index in [0.29, 0.717) is 0 Å². The number of halogens is 1. The topological polar surface area (TPSA) is 0 Å². The number of benzene rings is 1. The van der Waals surface area contributed by atoms with E-state index in [4.69, 9.17) is 0 Å². The molecule has 0 radical (unpaired) electrons. The fourth-order valence-corrected chi connectivity index (χ4v) is 3.34. The van der Waals surface area contributed by atoms with Crippen LogP contribution in [0, 0.1) is 0 Å². The molecular weight excluding hydrogens is 229 g/mol. The van der Waals surface area contributed by atoms with Gasteiger partial charge in [0.05, 0.1) is 0 Å². The van der Waals surface area contributed by atoms with Gasteiger partial charge in [-0.2, -0.15) is 0 Å². The Morgan fingerprint density at radius 2 is 1.91 bits per heavy atom. The first kappa shape index (κ1) is 9.18. The number of rotatable bonds is 0. The third-order valence-corrected chi connectivity index (χ3v) is 3.79. The summed E-state index contributed by atoms with van der Waals surface area (Å²) in [5.74, 6) is 0. The Balaban J connectivity index is 0.000000605.